The predicted octanol–water partition coefficient (Wildman–Crippen LogP) is 2.49. The molecular formula is C17H17N5O2S. The fraction of sp³-hybridized carbons (Fsp3) is 0.235. The van der Waals surface area contributed by atoms with Gasteiger partial charge >= 0.3 is 6.03 Å². The third-order valence-electron chi connectivity index (χ3n) is 4.40. The van der Waals surface area contributed by atoms with Crippen LogP contribution in [0.2, 0.25) is 0 Å². The number of carbonyl (C=O) groups excluding carboxylic acids is 1. The first kappa shape index (κ1) is 15.8. The highest BCUT2D eigenvalue weighted by molar-refractivity contribution is 7.13. The Morgan fingerprint density at radius 1 is 1.40 bits per heavy atom. The van der Waals surface area contributed by atoms with Crippen LogP contribution >= 0.6 is 11.3 Å². The van der Waals surface area contributed by atoms with Crippen LogP contribution in [0.1, 0.15) is 17.5 Å². The molecule has 3 aromatic rings. The number of urea groups is 1. The first-order valence-corrected chi connectivity index (χ1v) is 8.82. The predicted molar refractivity (Wildman–Crippen MR) is 95.4 cm³/mol. The maximum Gasteiger partial charge on any atom is 0.319 e. The Hall–Kier alpha value is -2.71. The van der Waals surface area contributed by atoms with Crippen LogP contribution in [0, 0.1) is 0 Å². The zero-order chi connectivity index (χ0) is 17.3. The van der Waals surface area contributed by atoms with E-state index in [2.05, 4.69) is 25.8 Å². The summed E-state index contributed by atoms with van der Waals surface area (Å²) in [5.74, 6) is 0. The summed E-state index contributed by atoms with van der Waals surface area (Å²) in [6.45, 7) is 0.153. The number of aromatic nitrogens is 3. The summed E-state index contributed by atoms with van der Waals surface area (Å²) in [5, 5.41) is 25.8. The molecular weight excluding hydrogens is 338 g/mol. The van der Waals surface area contributed by atoms with Gasteiger partial charge in [0.1, 0.15) is 16.3 Å². The number of hydrogen-bond donors (Lipinski definition) is 4. The number of hydrogen-bond acceptors (Lipinski definition) is 5. The lowest BCUT2D eigenvalue weighted by Gasteiger charge is -2.24. The first-order valence-electron chi connectivity index (χ1n) is 7.94. The fourth-order valence-corrected chi connectivity index (χ4v) is 3.78. The Bertz CT molecular complexity index is 892. The van der Waals surface area contributed by atoms with Gasteiger partial charge in [-0.1, -0.05) is 24.3 Å². The Morgan fingerprint density at radius 3 is 3.12 bits per heavy atom. The summed E-state index contributed by atoms with van der Waals surface area (Å²) < 4.78 is 0. The largest absolute Gasteiger partial charge is 0.383 e. The Kier molecular flexibility index (Phi) is 3.98. The molecule has 0 radical (unpaired) electrons. The van der Waals surface area contributed by atoms with Gasteiger partial charge in [0.2, 0.25) is 0 Å². The molecule has 8 heteroatoms. The van der Waals surface area contributed by atoms with E-state index in [1.54, 1.807) is 6.20 Å². The Labute approximate surface area is 148 Å². The van der Waals surface area contributed by atoms with Crippen LogP contribution < -0.4 is 10.6 Å². The van der Waals surface area contributed by atoms with Crippen LogP contribution in [0.5, 0.6) is 0 Å². The lowest BCUT2D eigenvalue weighted by Crippen LogP contribution is -2.41. The number of rotatable bonds is 4. The van der Waals surface area contributed by atoms with E-state index in [1.807, 2.05) is 29.6 Å². The lowest BCUT2D eigenvalue weighted by molar-refractivity contribution is 0.0417. The smallest absolute Gasteiger partial charge is 0.319 e. The van der Waals surface area contributed by atoms with Crippen LogP contribution in [0.3, 0.4) is 0 Å². The average molecular weight is 355 g/mol. The molecule has 4 N–H and O–H groups in total. The second-order valence-electron chi connectivity index (χ2n) is 5.99. The number of nitrogens with one attached hydrogen (secondary N) is 3. The molecule has 0 spiro atoms. The quantitative estimate of drug-likeness (QED) is 0.577. The van der Waals surface area contributed by atoms with Gasteiger partial charge in [0.25, 0.3) is 0 Å². The summed E-state index contributed by atoms with van der Waals surface area (Å²) in [7, 11) is 0. The molecule has 128 valence electrons. The summed E-state index contributed by atoms with van der Waals surface area (Å²) in [5.41, 5.74) is 2.21. The van der Waals surface area contributed by atoms with Crippen molar-refractivity contribution in [2.75, 3.05) is 11.9 Å². The molecule has 25 heavy (non-hydrogen) atoms. The van der Waals surface area contributed by atoms with Crippen LogP contribution in [-0.4, -0.2) is 32.9 Å². The van der Waals surface area contributed by atoms with Crippen molar-refractivity contribution in [3.8, 4) is 10.7 Å². The molecule has 7 nitrogen and oxygen atoms in total. The molecule has 2 aromatic heterocycles. The van der Waals surface area contributed by atoms with Gasteiger partial charge in [0, 0.05) is 11.6 Å². The van der Waals surface area contributed by atoms with Crippen molar-refractivity contribution >= 4 is 23.1 Å². The lowest BCUT2D eigenvalue weighted by atomic mass is 9.96. The molecule has 0 saturated carbocycles. The molecule has 1 aliphatic rings. The number of aliphatic hydroxyl groups is 1. The van der Waals surface area contributed by atoms with Crippen molar-refractivity contribution in [2.45, 2.75) is 18.4 Å². The number of aryl methyl sites for hydroxylation is 1. The molecule has 2 heterocycles. The minimum absolute atomic E-state index is 0.153. The number of H-pyrrole nitrogens is 1. The molecule has 1 unspecified atom stereocenters. The SMILES string of the molecule is O=C(NCC1(O)CCc2ccccc21)Nc1cn[nH]c1-c1nccs1. The summed E-state index contributed by atoms with van der Waals surface area (Å²) in [6.07, 6.45) is 4.64. The van der Waals surface area contributed by atoms with Gasteiger partial charge in [0.15, 0.2) is 0 Å². The van der Waals surface area contributed by atoms with Crippen molar-refractivity contribution in [1.82, 2.24) is 20.5 Å². The van der Waals surface area contributed by atoms with Crippen molar-refractivity contribution in [3.63, 3.8) is 0 Å². The molecule has 0 fully saturated rings. The molecule has 0 saturated heterocycles. The van der Waals surface area contributed by atoms with Crippen molar-refractivity contribution in [2.24, 2.45) is 0 Å². The maximum absolute atomic E-state index is 12.3. The number of fused-ring (bicyclic) bond motifs is 1. The fourth-order valence-electron chi connectivity index (χ4n) is 3.14. The van der Waals surface area contributed by atoms with Crippen molar-refractivity contribution in [3.05, 3.63) is 53.2 Å². The minimum atomic E-state index is -1.03. The molecule has 0 bridgehead atoms. The van der Waals surface area contributed by atoms with Crippen molar-refractivity contribution in [1.29, 1.82) is 0 Å². The van der Waals surface area contributed by atoms with E-state index in [1.165, 1.54) is 17.5 Å². The molecule has 1 aromatic carbocycles. The van der Waals surface area contributed by atoms with Crippen LogP contribution in [0.25, 0.3) is 10.7 Å². The highest BCUT2D eigenvalue weighted by Crippen LogP contribution is 2.36. The third kappa shape index (κ3) is 3.01. The van der Waals surface area contributed by atoms with Crippen LogP contribution in [0.4, 0.5) is 10.5 Å². The number of carbonyl (C=O) groups is 1. The summed E-state index contributed by atoms with van der Waals surface area (Å²) in [4.78, 5) is 16.5. The second kappa shape index (κ2) is 6.30. The van der Waals surface area contributed by atoms with Gasteiger partial charge < -0.3 is 15.7 Å². The van der Waals surface area contributed by atoms with E-state index in [0.29, 0.717) is 17.8 Å². The summed E-state index contributed by atoms with van der Waals surface area (Å²) >= 11 is 1.45. The first-order chi connectivity index (χ1) is 12.2. The van der Waals surface area contributed by atoms with E-state index in [4.69, 9.17) is 0 Å². The van der Waals surface area contributed by atoms with E-state index in [-0.39, 0.29) is 6.54 Å². The van der Waals surface area contributed by atoms with Gasteiger partial charge in [-0.25, -0.2) is 9.78 Å². The zero-order valence-electron chi connectivity index (χ0n) is 13.3. The number of amides is 2. The maximum atomic E-state index is 12.3. The number of thiazole rings is 1. The molecule has 0 aliphatic heterocycles. The Morgan fingerprint density at radius 2 is 2.28 bits per heavy atom. The third-order valence-corrected chi connectivity index (χ3v) is 5.19. The monoisotopic (exact) mass is 355 g/mol. The number of aromatic amines is 1. The molecule has 4 rings (SSSR count). The van der Waals surface area contributed by atoms with E-state index in [9.17, 15) is 9.90 Å². The number of anilines is 1. The van der Waals surface area contributed by atoms with E-state index in [0.717, 1.165) is 22.6 Å². The van der Waals surface area contributed by atoms with Crippen molar-refractivity contribution < 1.29 is 9.90 Å². The number of nitrogens with zero attached hydrogens (tertiary/aromatic N) is 2. The Balaban J connectivity index is 1.42. The highest BCUT2D eigenvalue weighted by Gasteiger charge is 2.36. The number of benzene rings is 1. The van der Waals surface area contributed by atoms with Crippen LogP contribution in [0.15, 0.2) is 42.0 Å². The molecule has 2 amide bonds. The van der Waals surface area contributed by atoms with Gasteiger partial charge in [-0.15, -0.1) is 11.3 Å². The van der Waals surface area contributed by atoms with Crippen LogP contribution in [-0.2, 0) is 12.0 Å². The molecule has 1 aliphatic carbocycles. The van der Waals surface area contributed by atoms with Gasteiger partial charge in [0.05, 0.1) is 18.4 Å². The zero-order valence-corrected chi connectivity index (χ0v) is 14.1. The van der Waals surface area contributed by atoms with Gasteiger partial charge in [-0.05, 0) is 24.0 Å². The van der Waals surface area contributed by atoms with Gasteiger partial charge in [-0.2, -0.15) is 5.10 Å². The van der Waals surface area contributed by atoms with E-state index < -0.39 is 11.6 Å². The second-order valence-corrected chi connectivity index (χ2v) is 6.89. The van der Waals surface area contributed by atoms with E-state index >= 15 is 0 Å². The molecule has 1 atom stereocenters. The standard InChI is InChI=1S/C17H17N5O2S/c23-16(21-13-9-20-22-14(13)15-18-7-8-25-15)19-10-17(24)6-5-11-3-1-2-4-12(11)17/h1-4,7-9,24H,5-6,10H2,(H,20,22)(H2,19,21,23). The highest BCUT2D eigenvalue weighted by atomic mass is 32.1. The summed E-state index contributed by atoms with van der Waals surface area (Å²) in [6, 6.07) is 7.40. The van der Waals surface area contributed by atoms with Gasteiger partial charge in [-0.3, -0.25) is 5.10 Å². The normalized spacial score (nSPS) is 18.8. The average Bonchev–Trinajstić information content (AvgIpc) is 3.34. The minimum Gasteiger partial charge on any atom is -0.383 e. The topological polar surface area (TPSA) is 103 Å².